The minimum absolute atomic E-state index is 0.108. The number of amides is 2. The van der Waals surface area contributed by atoms with Crippen molar-refractivity contribution in [2.45, 2.75) is 39.3 Å². The summed E-state index contributed by atoms with van der Waals surface area (Å²) in [5, 5.41) is 0. The number of ketones is 1. The fraction of sp³-hybridized carbons (Fsp3) is 0.500. The molecule has 6 nitrogen and oxygen atoms in total. The van der Waals surface area contributed by atoms with Crippen molar-refractivity contribution in [1.29, 1.82) is 0 Å². The monoisotopic (exact) mass is 407 g/mol. The van der Waals surface area contributed by atoms with Gasteiger partial charge in [0.1, 0.15) is 6.04 Å². The van der Waals surface area contributed by atoms with Crippen LogP contribution in [0.15, 0.2) is 36.4 Å². The van der Waals surface area contributed by atoms with Crippen LogP contribution in [0.4, 0.5) is 0 Å². The first-order valence-corrected chi connectivity index (χ1v) is 10.7. The number of carbonyl (C=O) groups excluding carboxylic acids is 4. The predicted molar refractivity (Wildman–Crippen MR) is 107 cm³/mol. The summed E-state index contributed by atoms with van der Waals surface area (Å²) in [4.78, 5) is 52.6. The van der Waals surface area contributed by atoms with Gasteiger partial charge < -0.3 is 4.74 Å². The zero-order valence-electron chi connectivity index (χ0n) is 17.3. The second-order valence-electron chi connectivity index (χ2n) is 9.19. The molecule has 2 amide bonds. The molecular formula is C24H25NO5. The second kappa shape index (κ2) is 6.62. The lowest BCUT2D eigenvalue weighted by Gasteiger charge is -2.37. The smallest absolute Gasteiger partial charge is 0.329 e. The van der Waals surface area contributed by atoms with Crippen LogP contribution >= 0.6 is 0 Å². The quantitative estimate of drug-likeness (QED) is 0.324. The molecule has 4 aliphatic carbocycles. The van der Waals surface area contributed by atoms with Gasteiger partial charge in [-0.1, -0.05) is 42.0 Å². The Morgan fingerprint density at radius 1 is 0.967 bits per heavy atom. The van der Waals surface area contributed by atoms with E-state index in [0.717, 1.165) is 16.9 Å². The molecule has 0 radical (unpaired) electrons. The van der Waals surface area contributed by atoms with Crippen molar-refractivity contribution in [2.75, 3.05) is 0 Å². The van der Waals surface area contributed by atoms with Gasteiger partial charge >= 0.3 is 5.97 Å². The predicted octanol–water partition coefficient (Wildman–Crippen LogP) is 2.55. The normalized spacial score (nSPS) is 35.0. The molecule has 6 heteroatoms. The largest absolute Gasteiger partial charge is 0.453 e. The van der Waals surface area contributed by atoms with E-state index in [2.05, 4.69) is 12.2 Å². The number of hydrogen-bond acceptors (Lipinski definition) is 5. The van der Waals surface area contributed by atoms with Crippen molar-refractivity contribution in [2.24, 2.45) is 35.5 Å². The zero-order chi connectivity index (χ0) is 21.3. The number of imide groups is 1. The van der Waals surface area contributed by atoms with Crippen molar-refractivity contribution in [3.05, 3.63) is 47.5 Å². The minimum atomic E-state index is -1.04. The summed E-state index contributed by atoms with van der Waals surface area (Å²) in [6, 6.07) is 5.98. The van der Waals surface area contributed by atoms with Gasteiger partial charge in [-0.25, -0.2) is 4.79 Å². The van der Waals surface area contributed by atoms with Crippen molar-refractivity contribution < 1.29 is 23.9 Å². The van der Waals surface area contributed by atoms with Crippen LogP contribution in [0.3, 0.4) is 0 Å². The average molecular weight is 407 g/mol. The molecule has 5 aliphatic rings. The van der Waals surface area contributed by atoms with Gasteiger partial charge in [-0.15, -0.1) is 0 Å². The Labute approximate surface area is 175 Å². The molecule has 1 aliphatic heterocycles. The van der Waals surface area contributed by atoms with E-state index in [9.17, 15) is 19.2 Å². The number of hydrogen-bond donors (Lipinski definition) is 0. The number of allylic oxidation sites excluding steroid dienone is 2. The third-order valence-electron chi connectivity index (χ3n) is 7.42. The number of Topliss-reactive ketones (excluding diaryl/α,β-unsaturated/α-hetero) is 1. The molecule has 0 spiro atoms. The lowest BCUT2D eigenvalue weighted by atomic mass is 9.63. The van der Waals surface area contributed by atoms with E-state index in [4.69, 9.17) is 4.74 Å². The van der Waals surface area contributed by atoms with E-state index >= 15 is 0 Å². The van der Waals surface area contributed by atoms with Crippen molar-refractivity contribution in [1.82, 2.24) is 4.90 Å². The summed E-state index contributed by atoms with van der Waals surface area (Å²) in [6.45, 7) is 4.94. The molecule has 30 heavy (non-hydrogen) atoms. The SMILES string of the molecule is Cc1ccc(C(=O)[C@H](C)OC(=O)[C@H](C)N2C(=O)[C@@H]3[C@H]4C=C[C@@H]([C@@H]5C[C@H]45)[C@H]3C2=O)cc1. The van der Waals surface area contributed by atoms with E-state index in [1.165, 1.54) is 13.8 Å². The van der Waals surface area contributed by atoms with Crippen molar-refractivity contribution in [3.63, 3.8) is 0 Å². The fourth-order valence-electron chi connectivity index (χ4n) is 5.75. The first-order chi connectivity index (χ1) is 14.3. The highest BCUT2D eigenvalue weighted by molar-refractivity contribution is 6.09. The van der Waals surface area contributed by atoms with Crippen LogP contribution in [0.1, 0.15) is 36.2 Å². The standard InChI is InChI=1S/C24H25NO5/c1-11-4-6-14(7-5-11)21(26)13(3)30-24(29)12(2)25-22(27)19-15-8-9-16(18-10-17(15)18)20(19)23(25)28/h4-9,12-13,15-20H,10H2,1-3H3/t12-,13-,15-,16-,17-,18+,19+,20+/m0/s1. The van der Waals surface area contributed by atoms with Crippen LogP contribution in [0.2, 0.25) is 0 Å². The lowest BCUT2D eigenvalue weighted by Crippen LogP contribution is -2.46. The van der Waals surface area contributed by atoms with Crippen LogP contribution < -0.4 is 0 Å². The first kappa shape index (κ1) is 19.2. The van der Waals surface area contributed by atoms with Crippen molar-refractivity contribution >= 4 is 23.6 Å². The lowest BCUT2D eigenvalue weighted by molar-refractivity contribution is -0.160. The molecule has 8 atom stereocenters. The Balaban J connectivity index is 1.29. The highest BCUT2D eigenvalue weighted by Gasteiger charge is 2.67. The Hall–Kier alpha value is -2.76. The van der Waals surface area contributed by atoms with Gasteiger partial charge in [0, 0.05) is 5.56 Å². The number of esters is 1. The van der Waals surface area contributed by atoms with E-state index in [1.807, 2.05) is 19.1 Å². The van der Waals surface area contributed by atoms with Crippen LogP contribution in [0.5, 0.6) is 0 Å². The van der Waals surface area contributed by atoms with Crippen LogP contribution in [-0.4, -0.2) is 40.6 Å². The molecule has 156 valence electrons. The van der Waals surface area contributed by atoms with E-state index in [-0.39, 0.29) is 41.3 Å². The topological polar surface area (TPSA) is 80.8 Å². The van der Waals surface area contributed by atoms with Gasteiger partial charge in [-0.05, 0) is 50.9 Å². The van der Waals surface area contributed by atoms with E-state index < -0.39 is 18.1 Å². The molecule has 3 fully saturated rings. The van der Waals surface area contributed by atoms with Crippen LogP contribution in [0, 0.1) is 42.4 Å². The molecule has 0 aromatic heterocycles. The van der Waals surface area contributed by atoms with Crippen molar-refractivity contribution in [3.8, 4) is 0 Å². The summed E-state index contributed by atoms with van der Waals surface area (Å²) >= 11 is 0. The third-order valence-corrected chi connectivity index (χ3v) is 7.42. The molecule has 1 aromatic carbocycles. The molecule has 0 unspecified atom stereocenters. The summed E-state index contributed by atoms with van der Waals surface area (Å²) in [5.74, 6) is -1.04. The van der Waals surface area contributed by atoms with Gasteiger partial charge in [0.25, 0.3) is 0 Å². The molecule has 2 bridgehead atoms. The molecule has 0 N–H and O–H groups in total. The number of likely N-dealkylation sites (tertiary alicyclic amines) is 1. The zero-order valence-corrected chi connectivity index (χ0v) is 17.3. The Kier molecular flexibility index (Phi) is 4.24. The van der Waals surface area contributed by atoms with Gasteiger partial charge in [-0.2, -0.15) is 0 Å². The Morgan fingerprint density at radius 3 is 2.03 bits per heavy atom. The first-order valence-electron chi connectivity index (χ1n) is 10.7. The molecule has 2 saturated carbocycles. The Bertz CT molecular complexity index is 944. The molecule has 1 aromatic rings. The third kappa shape index (κ3) is 2.69. The van der Waals surface area contributed by atoms with Gasteiger partial charge in [0.2, 0.25) is 17.6 Å². The van der Waals surface area contributed by atoms with Crippen LogP contribution in [0.25, 0.3) is 0 Å². The van der Waals surface area contributed by atoms with E-state index in [1.54, 1.807) is 12.1 Å². The highest BCUT2D eigenvalue weighted by Crippen LogP contribution is 2.65. The maximum absolute atomic E-state index is 13.1. The number of benzene rings is 1. The van der Waals surface area contributed by atoms with Crippen LogP contribution in [-0.2, 0) is 19.1 Å². The molecule has 6 rings (SSSR count). The second-order valence-corrected chi connectivity index (χ2v) is 9.19. The maximum Gasteiger partial charge on any atom is 0.329 e. The average Bonchev–Trinajstić information content (AvgIpc) is 3.51. The maximum atomic E-state index is 13.1. The number of carbonyl (C=O) groups is 4. The summed E-state index contributed by atoms with van der Waals surface area (Å²) < 4.78 is 5.37. The van der Waals surface area contributed by atoms with Gasteiger partial charge in [-0.3, -0.25) is 19.3 Å². The van der Waals surface area contributed by atoms with Gasteiger partial charge in [0.15, 0.2) is 6.10 Å². The summed E-state index contributed by atoms with van der Waals surface area (Å²) in [6.07, 6.45) is 4.29. The highest BCUT2D eigenvalue weighted by atomic mass is 16.5. The Morgan fingerprint density at radius 2 is 1.50 bits per heavy atom. The molecule has 1 heterocycles. The van der Waals surface area contributed by atoms with Gasteiger partial charge in [0.05, 0.1) is 11.8 Å². The summed E-state index contributed by atoms with van der Waals surface area (Å²) in [7, 11) is 0. The molecule has 1 saturated heterocycles. The minimum Gasteiger partial charge on any atom is -0.453 e. The number of rotatable bonds is 5. The number of ether oxygens (including phenoxy) is 1. The van der Waals surface area contributed by atoms with E-state index in [0.29, 0.717) is 17.4 Å². The number of nitrogens with zero attached hydrogens (tertiary/aromatic N) is 1. The molecular weight excluding hydrogens is 382 g/mol. The number of aryl methyl sites for hydroxylation is 1. The fourth-order valence-corrected chi connectivity index (χ4v) is 5.75. The summed E-state index contributed by atoms with van der Waals surface area (Å²) in [5.41, 5.74) is 1.48.